The Morgan fingerprint density at radius 3 is 3.00 bits per heavy atom. The maximum absolute atomic E-state index is 5.99. The molecular weight excluding hydrogens is 172 g/mol. The Morgan fingerprint density at radius 1 is 1.43 bits per heavy atom. The van der Waals surface area contributed by atoms with Crippen LogP contribution in [-0.4, -0.2) is 13.1 Å². The lowest BCUT2D eigenvalue weighted by molar-refractivity contribution is 0.462. The van der Waals surface area contributed by atoms with Gasteiger partial charge in [0.2, 0.25) is 0 Å². The zero-order chi connectivity index (χ0) is 9.97. The molecule has 0 unspecified atom stereocenters. The Labute approximate surface area is 85.5 Å². The van der Waals surface area contributed by atoms with E-state index in [9.17, 15) is 0 Å². The lowest BCUT2D eigenvalue weighted by atomic mass is 9.89. The molecule has 2 nitrogen and oxygen atoms in total. The third-order valence-corrected chi connectivity index (χ3v) is 2.98. The van der Waals surface area contributed by atoms with E-state index in [0.717, 1.165) is 18.8 Å². The molecule has 3 N–H and O–H groups in total. The molecular formula is C12H18N2. The second kappa shape index (κ2) is 4.01. The number of nitrogens with one attached hydrogen (secondary N) is 1. The largest absolute Gasteiger partial charge is 0.398 e. The van der Waals surface area contributed by atoms with Crippen LogP contribution in [0.5, 0.6) is 0 Å². The van der Waals surface area contributed by atoms with E-state index in [4.69, 9.17) is 5.73 Å². The summed E-state index contributed by atoms with van der Waals surface area (Å²) in [6, 6.07) is 6.33. The highest BCUT2D eigenvalue weighted by molar-refractivity contribution is 5.50. The minimum absolute atomic E-state index is 0.614. The standard InChI is InChI=1S/C12H18N2/c1-9-4-5-12(13)11(7-9)10-3-2-6-14-8-10/h4-5,7,10,14H,2-3,6,8,13H2,1H3/t10-/m1/s1. The van der Waals surface area contributed by atoms with Crippen molar-refractivity contribution < 1.29 is 0 Å². The monoisotopic (exact) mass is 190 g/mol. The molecule has 1 fully saturated rings. The van der Waals surface area contributed by atoms with Gasteiger partial charge in [0.15, 0.2) is 0 Å². The molecule has 0 bridgehead atoms. The number of benzene rings is 1. The molecule has 1 aliphatic heterocycles. The van der Waals surface area contributed by atoms with Gasteiger partial charge in [0.1, 0.15) is 0 Å². The number of anilines is 1. The normalized spacial score (nSPS) is 22.2. The fourth-order valence-corrected chi connectivity index (χ4v) is 2.17. The van der Waals surface area contributed by atoms with Crippen LogP contribution in [-0.2, 0) is 0 Å². The van der Waals surface area contributed by atoms with Gasteiger partial charge in [-0.1, -0.05) is 17.7 Å². The van der Waals surface area contributed by atoms with E-state index in [1.54, 1.807) is 0 Å². The van der Waals surface area contributed by atoms with Crippen molar-refractivity contribution in [1.82, 2.24) is 5.32 Å². The number of piperidine rings is 1. The summed E-state index contributed by atoms with van der Waals surface area (Å²) in [5.74, 6) is 0.614. The Bertz CT molecular complexity index is 314. The molecule has 0 saturated carbocycles. The smallest absolute Gasteiger partial charge is 0.0350 e. The minimum atomic E-state index is 0.614. The van der Waals surface area contributed by atoms with Crippen molar-refractivity contribution >= 4 is 5.69 Å². The van der Waals surface area contributed by atoms with Gasteiger partial charge in [-0.25, -0.2) is 0 Å². The number of aryl methyl sites for hydroxylation is 1. The van der Waals surface area contributed by atoms with Crippen molar-refractivity contribution in [2.75, 3.05) is 18.8 Å². The average Bonchev–Trinajstić information content (AvgIpc) is 2.23. The van der Waals surface area contributed by atoms with Gasteiger partial charge < -0.3 is 11.1 Å². The van der Waals surface area contributed by atoms with Gasteiger partial charge in [-0.2, -0.15) is 0 Å². The van der Waals surface area contributed by atoms with Crippen molar-refractivity contribution in [2.24, 2.45) is 0 Å². The summed E-state index contributed by atoms with van der Waals surface area (Å²) in [7, 11) is 0. The van der Waals surface area contributed by atoms with Crippen molar-refractivity contribution in [3.8, 4) is 0 Å². The average molecular weight is 190 g/mol. The molecule has 0 aromatic heterocycles. The summed E-state index contributed by atoms with van der Waals surface area (Å²) in [5, 5.41) is 3.42. The van der Waals surface area contributed by atoms with E-state index >= 15 is 0 Å². The van der Waals surface area contributed by atoms with Crippen LogP contribution < -0.4 is 11.1 Å². The number of hydrogen-bond acceptors (Lipinski definition) is 2. The van der Waals surface area contributed by atoms with E-state index < -0.39 is 0 Å². The van der Waals surface area contributed by atoms with Crippen LogP contribution in [0.2, 0.25) is 0 Å². The number of nitrogens with two attached hydrogens (primary N) is 1. The van der Waals surface area contributed by atoms with Crippen LogP contribution in [0.1, 0.15) is 29.9 Å². The van der Waals surface area contributed by atoms with Gasteiger partial charge in [-0.3, -0.25) is 0 Å². The molecule has 1 aliphatic rings. The molecule has 0 radical (unpaired) electrons. The fraction of sp³-hybridized carbons (Fsp3) is 0.500. The highest BCUT2D eigenvalue weighted by Crippen LogP contribution is 2.28. The number of nitrogen functional groups attached to an aromatic ring is 1. The van der Waals surface area contributed by atoms with Crippen LogP contribution in [0.15, 0.2) is 18.2 Å². The van der Waals surface area contributed by atoms with Crippen molar-refractivity contribution in [3.05, 3.63) is 29.3 Å². The topological polar surface area (TPSA) is 38.0 Å². The van der Waals surface area contributed by atoms with Gasteiger partial charge in [0, 0.05) is 12.2 Å². The third-order valence-electron chi connectivity index (χ3n) is 2.98. The van der Waals surface area contributed by atoms with E-state index in [1.165, 1.54) is 24.0 Å². The van der Waals surface area contributed by atoms with E-state index in [2.05, 4.69) is 24.4 Å². The summed E-state index contributed by atoms with van der Waals surface area (Å²) >= 11 is 0. The molecule has 0 aliphatic carbocycles. The molecule has 1 heterocycles. The molecule has 0 amide bonds. The first-order chi connectivity index (χ1) is 6.77. The second-order valence-corrected chi connectivity index (χ2v) is 4.18. The summed E-state index contributed by atoms with van der Waals surface area (Å²) in [5.41, 5.74) is 9.58. The molecule has 2 heteroatoms. The first-order valence-electron chi connectivity index (χ1n) is 5.34. The third kappa shape index (κ3) is 1.90. The van der Waals surface area contributed by atoms with Crippen LogP contribution >= 0.6 is 0 Å². The zero-order valence-electron chi connectivity index (χ0n) is 8.72. The summed E-state index contributed by atoms with van der Waals surface area (Å²) < 4.78 is 0. The Morgan fingerprint density at radius 2 is 2.29 bits per heavy atom. The van der Waals surface area contributed by atoms with Crippen molar-refractivity contribution in [3.63, 3.8) is 0 Å². The highest BCUT2D eigenvalue weighted by atomic mass is 14.9. The van der Waals surface area contributed by atoms with Crippen molar-refractivity contribution in [1.29, 1.82) is 0 Å². The number of rotatable bonds is 1. The molecule has 1 atom stereocenters. The summed E-state index contributed by atoms with van der Waals surface area (Å²) in [6.07, 6.45) is 2.53. The predicted molar refractivity (Wildman–Crippen MR) is 60.4 cm³/mol. The maximum Gasteiger partial charge on any atom is 0.0350 e. The van der Waals surface area contributed by atoms with Crippen LogP contribution in [0, 0.1) is 6.92 Å². The quantitative estimate of drug-likeness (QED) is 0.665. The minimum Gasteiger partial charge on any atom is -0.398 e. The zero-order valence-corrected chi connectivity index (χ0v) is 8.72. The molecule has 1 saturated heterocycles. The molecule has 1 aromatic carbocycles. The van der Waals surface area contributed by atoms with Gasteiger partial charge in [-0.15, -0.1) is 0 Å². The van der Waals surface area contributed by atoms with Crippen molar-refractivity contribution in [2.45, 2.75) is 25.7 Å². The first kappa shape index (κ1) is 9.53. The molecule has 0 spiro atoms. The van der Waals surface area contributed by atoms with E-state index in [0.29, 0.717) is 5.92 Å². The summed E-state index contributed by atoms with van der Waals surface area (Å²) in [6.45, 7) is 4.36. The fourth-order valence-electron chi connectivity index (χ4n) is 2.17. The van der Waals surface area contributed by atoms with Crippen LogP contribution in [0.25, 0.3) is 0 Å². The Kier molecular flexibility index (Phi) is 2.73. The lowest BCUT2D eigenvalue weighted by Crippen LogP contribution is -2.28. The molecule has 2 rings (SSSR count). The Hall–Kier alpha value is -1.02. The van der Waals surface area contributed by atoms with Crippen LogP contribution in [0.4, 0.5) is 5.69 Å². The predicted octanol–water partition coefficient (Wildman–Crippen LogP) is 2.04. The van der Waals surface area contributed by atoms with Gasteiger partial charge in [-0.05, 0) is 43.9 Å². The molecule has 76 valence electrons. The lowest BCUT2D eigenvalue weighted by Gasteiger charge is -2.24. The summed E-state index contributed by atoms with van der Waals surface area (Å²) in [4.78, 5) is 0. The Balaban J connectivity index is 2.24. The molecule has 1 aromatic rings. The van der Waals surface area contributed by atoms with Gasteiger partial charge >= 0.3 is 0 Å². The van der Waals surface area contributed by atoms with Gasteiger partial charge in [0.25, 0.3) is 0 Å². The second-order valence-electron chi connectivity index (χ2n) is 4.18. The highest BCUT2D eigenvalue weighted by Gasteiger charge is 2.16. The maximum atomic E-state index is 5.99. The first-order valence-corrected chi connectivity index (χ1v) is 5.34. The van der Waals surface area contributed by atoms with Crippen LogP contribution in [0.3, 0.4) is 0 Å². The molecule has 14 heavy (non-hydrogen) atoms. The SMILES string of the molecule is Cc1ccc(N)c([C@@H]2CCCNC2)c1. The van der Waals surface area contributed by atoms with E-state index in [-0.39, 0.29) is 0 Å². The van der Waals surface area contributed by atoms with E-state index in [1.807, 2.05) is 6.07 Å². The number of hydrogen-bond donors (Lipinski definition) is 2. The van der Waals surface area contributed by atoms with Gasteiger partial charge in [0.05, 0.1) is 0 Å².